The molecule has 1 atom stereocenters. The fraction of sp³-hybridized carbons (Fsp3) is 0.200. The zero-order valence-corrected chi connectivity index (χ0v) is 14.1. The van der Waals surface area contributed by atoms with Crippen LogP contribution in [0.3, 0.4) is 0 Å². The average Bonchev–Trinajstić information content (AvgIpc) is 2.40. The lowest BCUT2D eigenvalue weighted by Gasteiger charge is -2.20. The lowest BCUT2D eigenvalue weighted by molar-refractivity contribution is 0.624. The van der Waals surface area contributed by atoms with Crippen LogP contribution in [0.5, 0.6) is 0 Å². The van der Waals surface area contributed by atoms with Gasteiger partial charge in [0.1, 0.15) is 5.82 Å². The van der Waals surface area contributed by atoms with Crippen molar-refractivity contribution >= 4 is 44.8 Å². The van der Waals surface area contributed by atoms with Crippen molar-refractivity contribution < 1.29 is 4.39 Å². The van der Waals surface area contributed by atoms with Crippen LogP contribution in [-0.2, 0) is 0 Å². The van der Waals surface area contributed by atoms with E-state index in [9.17, 15) is 4.39 Å². The maximum atomic E-state index is 13.6. The Hall–Kier alpha value is -0.770. The lowest BCUT2D eigenvalue weighted by atomic mass is 10.1. The molecule has 0 heterocycles. The van der Waals surface area contributed by atoms with Crippen LogP contribution < -0.4 is 5.32 Å². The van der Waals surface area contributed by atoms with Gasteiger partial charge in [0.2, 0.25) is 0 Å². The SMILES string of the molecule is Cc1c(Br)cccc1NC(C)c1c(Cl)ccc(F)c1Cl. The number of hydrogen-bond acceptors (Lipinski definition) is 1. The summed E-state index contributed by atoms with van der Waals surface area (Å²) in [4.78, 5) is 0. The van der Waals surface area contributed by atoms with Crippen LogP contribution in [-0.4, -0.2) is 0 Å². The van der Waals surface area contributed by atoms with Crippen molar-refractivity contribution in [2.24, 2.45) is 0 Å². The van der Waals surface area contributed by atoms with Crippen molar-refractivity contribution in [3.8, 4) is 0 Å². The molecular weight excluding hydrogens is 364 g/mol. The van der Waals surface area contributed by atoms with E-state index in [2.05, 4.69) is 21.2 Å². The largest absolute Gasteiger partial charge is 0.378 e. The first kappa shape index (κ1) is 15.6. The third kappa shape index (κ3) is 3.11. The number of rotatable bonds is 3. The lowest BCUT2D eigenvalue weighted by Crippen LogP contribution is -2.09. The van der Waals surface area contributed by atoms with E-state index in [0.717, 1.165) is 15.7 Å². The van der Waals surface area contributed by atoms with E-state index in [4.69, 9.17) is 23.2 Å². The fourth-order valence-corrected chi connectivity index (χ4v) is 3.07. The summed E-state index contributed by atoms with van der Waals surface area (Å²) in [6.07, 6.45) is 0. The molecule has 0 amide bonds. The fourth-order valence-electron chi connectivity index (χ4n) is 2.01. The Labute approximate surface area is 136 Å². The molecule has 0 spiro atoms. The summed E-state index contributed by atoms with van der Waals surface area (Å²) < 4.78 is 14.6. The summed E-state index contributed by atoms with van der Waals surface area (Å²) >= 11 is 15.6. The van der Waals surface area contributed by atoms with Crippen molar-refractivity contribution in [1.82, 2.24) is 0 Å². The van der Waals surface area contributed by atoms with E-state index < -0.39 is 5.82 Å². The summed E-state index contributed by atoms with van der Waals surface area (Å²) in [6.45, 7) is 3.89. The molecule has 0 saturated heterocycles. The van der Waals surface area contributed by atoms with Crippen molar-refractivity contribution in [1.29, 1.82) is 0 Å². The number of nitrogens with one attached hydrogen (secondary N) is 1. The van der Waals surface area contributed by atoms with Gasteiger partial charge in [-0.1, -0.05) is 45.2 Å². The van der Waals surface area contributed by atoms with Gasteiger partial charge in [-0.15, -0.1) is 0 Å². The van der Waals surface area contributed by atoms with E-state index in [-0.39, 0.29) is 11.1 Å². The van der Waals surface area contributed by atoms with Crippen LogP contribution in [0, 0.1) is 12.7 Å². The summed E-state index contributed by atoms with van der Waals surface area (Å²) in [7, 11) is 0. The van der Waals surface area contributed by atoms with Crippen LogP contribution in [0.25, 0.3) is 0 Å². The molecular formula is C15H13BrCl2FN. The quantitative estimate of drug-likeness (QED) is 0.613. The molecule has 1 nitrogen and oxygen atoms in total. The minimum Gasteiger partial charge on any atom is -0.378 e. The topological polar surface area (TPSA) is 12.0 Å². The van der Waals surface area contributed by atoms with Gasteiger partial charge >= 0.3 is 0 Å². The Morgan fingerprint density at radius 3 is 2.60 bits per heavy atom. The Morgan fingerprint density at radius 2 is 1.90 bits per heavy atom. The molecule has 5 heteroatoms. The predicted molar refractivity (Wildman–Crippen MR) is 87.3 cm³/mol. The number of anilines is 1. The van der Waals surface area contributed by atoms with Crippen molar-refractivity contribution in [2.45, 2.75) is 19.9 Å². The Kier molecular flexibility index (Phi) is 4.95. The van der Waals surface area contributed by atoms with Crippen LogP contribution in [0.15, 0.2) is 34.8 Å². The Bertz CT molecular complexity index is 646. The minimum absolute atomic E-state index is 0.0603. The standard InChI is InChI=1S/C15H13BrCl2FN/c1-8-10(16)4-3-5-13(8)20-9(2)14-11(17)6-7-12(19)15(14)18/h3-7,9,20H,1-2H3. The molecule has 106 valence electrons. The van der Waals surface area contributed by atoms with E-state index in [1.54, 1.807) is 0 Å². The maximum Gasteiger partial charge on any atom is 0.142 e. The summed E-state index contributed by atoms with van der Waals surface area (Å²) in [5.41, 5.74) is 2.58. The highest BCUT2D eigenvalue weighted by Gasteiger charge is 2.17. The van der Waals surface area contributed by atoms with Crippen molar-refractivity contribution in [3.05, 3.63) is 61.8 Å². The molecule has 0 aliphatic carbocycles. The van der Waals surface area contributed by atoms with E-state index >= 15 is 0 Å². The average molecular weight is 377 g/mol. The molecule has 2 aromatic carbocycles. The second kappa shape index (κ2) is 6.33. The first-order chi connectivity index (χ1) is 9.41. The van der Waals surface area contributed by atoms with Crippen molar-refractivity contribution in [2.75, 3.05) is 5.32 Å². The third-order valence-electron chi connectivity index (χ3n) is 3.15. The zero-order chi connectivity index (χ0) is 14.9. The molecule has 0 bridgehead atoms. The third-order valence-corrected chi connectivity index (χ3v) is 4.72. The van der Waals surface area contributed by atoms with E-state index in [1.807, 2.05) is 32.0 Å². The smallest absolute Gasteiger partial charge is 0.142 e. The predicted octanol–water partition coefficient (Wildman–Crippen LogP) is 6.38. The first-order valence-electron chi connectivity index (χ1n) is 6.07. The molecule has 0 aromatic heterocycles. The van der Waals surface area contributed by atoms with Gasteiger partial charge in [-0.05, 0) is 43.7 Å². The summed E-state index contributed by atoms with van der Waals surface area (Å²) in [5, 5.41) is 3.82. The molecule has 1 N–H and O–H groups in total. The highest BCUT2D eigenvalue weighted by Crippen LogP contribution is 2.35. The second-order valence-electron chi connectivity index (χ2n) is 4.54. The number of hydrogen-bond donors (Lipinski definition) is 1. The van der Waals surface area contributed by atoms with Crippen LogP contribution in [0.4, 0.5) is 10.1 Å². The first-order valence-corrected chi connectivity index (χ1v) is 7.61. The summed E-state index contributed by atoms with van der Waals surface area (Å²) in [5.74, 6) is -0.467. The number of benzene rings is 2. The Balaban J connectivity index is 2.36. The van der Waals surface area contributed by atoms with Gasteiger partial charge in [-0.3, -0.25) is 0 Å². The van der Waals surface area contributed by atoms with Crippen LogP contribution in [0.2, 0.25) is 10.0 Å². The van der Waals surface area contributed by atoms with E-state index in [1.165, 1.54) is 12.1 Å². The highest BCUT2D eigenvalue weighted by atomic mass is 79.9. The summed E-state index contributed by atoms with van der Waals surface area (Å²) in [6, 6.07) is 8.43. The second-order valence-corrected chi connectivity index (χ2v) is 6.17. The molecule has 0 aliphatic rings. The molecule has 2 rings (SSSR count). The molecule has 0 saturated carbocycles. The minimum atomic E-state index is -0.467. The van der Waals surface area contributed by atoms with Gasteiger partial charge in [0.15, 0.2) is 0 Å². The maximum absolute atomic E-state index is 13.6. The van der Waals surface area contributed by atoms with Gasteiger partial charge in [0.25, 0.3) is 0 Å². The molecule has 1 unspecified atom stereocenters. The van der Waals surface area contributed by atoms with Crippen molar-refractivity contribution in [3.63, 3.8) is 0 Å². The molecule has 0 radical (unpaired) electrons. The van der Waals surface area contributed by atoms with Gasteiger partial charge in [0.05, 0.1) is 11.1 Å². The number of halogens is 4. The van der Waals surface area contributed by atoms with Gasteiger partial charge in [-0.2, -0.15) is 0 Å². The normalized spacial score (nSPS) is 12.3. The van der Waals surface area contributed by atoms with Gasteiger partial charge < -0.3 is 5.32 Å². The molecule has 20 heavy (non-hydrogen) atoms. The molecule has 2 aromatic rings. The van der Waals surface area contributed by atoms with Crippen LogP contribution in [0.1, 0.15) is 24.1 Å². The Morgan fingerprint density at radius 1 is 1.20 bits per heavy atom. The van der Waals surface area contributed by atoms with E-state index in [0.29, 0.717) is 10.6 Å². The molecule has 0 fully saturated rings. The highest BCUT2D eigenvalue weighted by molar-refractivity contribution is 9.10. The molecule has 0 aliphatic heterocycles. The zero-order valence-electron chi connectivity index (χ0n) is 11.0. The van der Waals surface area contributed by atoms with Gasteiger partial charge in [-0.25, -0.2) is 4.39 Å². The van der Waals surface area contributed by atoms with Crippen LogP contribution >= 0.6 is 39.1 Å². The van der Waals surface area contributed by atoms with Gasteiger partial charge in [0, 0.05) is 20.7 Å². The monoisotopic (exact) mass is 375 g/mol.